The third-order valence-corrected chi connectivity index (χ3v) is 5.31. The standard InChI is InChI=1S/C23H26FN5.HI/c1-25-23(27-13-10-17-8-9-18-5-2-3-6-19(18)15-17)28-20-11-14-29(16-20)22-21(24)7-4-12-26-22;/h2-9,12,15,20H,10-11,13-14,16H2,1H3,(H2,25,27,28);1H. The van der Waals surface area contributed by atoms with Gasteiger partial charge < -0.3 is 15.5 Å². The molecule has 30 heavy (non-hydrogen) atoms. The maximum absolute atomic E-state index is 14.0. The summed E-state index contributed by atoms with van der Waals surface area (Å²) in [7, 11) is 1.77. The number of fused-ring (bicyclic) bond motifs is 1. The number of hydrogen-bond acceptors (Lipinski definition) is 3. The van der Waals surface area contributed by atoms with Gasteiger partial charge in [-0.2, -0.15) is 0 Å². The van der Waals surface area contributed by atoms with E-state index in [9.17, 15) is 4.39 Å². The monoisotopic (exact) mass is 519 g/mol. The van der Waals surface area contributed by atoms with Gasteiger partial charge in [0.25, 0.3) is 0 Å². The summed E-state index contributed by atoms with van der Waals surface area (Å²) in [6.45, 7) is 2.28. The predicted molar refractivity (Wildman–Crippen MR) is 132 cm³/mol. The van der Waals surface area contributed by atoms with Crippen molar-refractivity contribution in [1.82, 2.24) is 15.6 Å². The Morgan fingerprint density at radius 3 is 2.80 bits per heavy atom. The quantitative estimate of drug-likeness (QED) is 0.304. The second-order valence-electron chi connectivity index (χ2n) is 7.32. The maximum atomic E-state index is 14.0. The van der Waals surface area contributed by atoms with Crippen molar-refractivity contribution in [3.05, 3.63) is 72.2 Å². The van der Waals surface area contributed by atoms with Gasteiger partial charge in [0.2, 0.25) is 0 Å². The lowest BCUT2D eigenvalue weighted by molar-refractivity contribution is 0.612. The van der Waals surface area contributed by atoms with Crippen LogP contribution in [0.2, 0.25) is 0 Å². The van der Waals surface area contributed by atoms with Crippen LogP contribution < -0.4 is 15.5 Å². The van der Waals surface area contributed by atoms with Gasteiger partial charge in [0, 0.05) is 38.9 Å². The molecule has 1 atom stereocenters. The summed E-state index contributed by atoms with van der Waals surface area (Å²) < 4.78 is 14.0. The lowest BCUT2D eigenvalue weighted by Crippen LogP contribution is -2.45. The number of aliphatic imine (C=N–C) groups is 1. The van der Waals surface area contributed by atoms with E-state index in [1.165, 1.54) is 22.4 Å². The summed E-state index contributed by atoms with van der Waals surface area (Å²) in [5.41, 5.74) is 1.30. The highest BCUT2D eigenvalue weighted by molar-refractivity contribution is 14.0. The van der Waals surface area contributed by atoms with Crippen LogP contribution in [0.4, 0.5) is 10.2 Å². The van der Waals surface area contributed by atoms with Crippen LogP contribution in [-0.2, 0) is 6.42 Å². The molecule has 1 unspecified atom stereocenters. The molecule has 2 heterocycles. The summed E-state index contributed by atoms with van der Waals surface area (Å²) in [5.74, 6) is 0.932. The van der Waals surface area contributed by atoms with Gasteiger partial charge in [0.05, 0.1) is 0 Å². The highest BCUT2D eigenvalue weighted by Gasteiger charge is 2.25. The van der Waals surface area contributed by atoms with Crippen molar-refractivity contribution in [2.45, 2.75) is 18.9 Å². The van der Waals surface area contributed by atoms with Gasteiger partial charge >= 0.3 is 0 Å². The second kappa shape index (κ2) is 10.6. The van der Waals surface area contributed by atoms with Crippen molar-refractivity contribution in [3.8, 4) is 0 Å². The van der Waals surface area contributed by atoms with E-state index in [1.54, 1.807) is 19.3 Å². The second-order valence-corrected chi connectivity index (χ2v) is 7.32. The smallest absolute Gasteiger partial charge is 0.191 e. The lowest BCUT2D eigenvalue weighted by Gasteiger charge is -2.20. The third kappa shape index (κ3) is 5.38. The molecule has 1 aliphatic heterocycles. The number of rotatable bonds is 5. The number of halogens is 2. The van der Waals surface area contributed by atoms with Crippen molar-refractivity contribution in [2.24, 2.45) is 4.99 Å². The van der Waals surface area contributed by atoms with Gasteiger partial charge in [-0.05, 0) is 41.3 Å². The highest BCUT2D eigenvalue weighted by Crippen LogP contribution is 2.20. The number of nitrogens with zero attached hydrogens (tertiary/aromatic N) is 3. The molecule has 0 aliphatic carbocycles. The van der Waals surface area contributed by atoms with Crippen LogP contribution in [0.5, 0.6) is 0 Å². The molecule has 5 nitrogen and oxygen atoms in total. The molecule has 1 aliphatic rings. The van der Waals surface area contributed by atoms with Gasteiger partial charge in [-0.1, -0.05) is 42.5 Å². The Morgan fingerprint density at radius 2 is 2.00 bits per heavy atom. The summed E-state index contributed by atoms with van der Waals surface area (Å²) in [6.07, 6.45) is 3.47. The number of nitrogens with one attached hydrogen (secondary N) is 2. The largest absolute Gasteiger partial charge is 0.356 e. The van der Waals surface area contributed by atoms with E-state index in [0.717, 1.165) is 31.9 Å². The Hall–Kier alpha value is -2.42. The van der Waals surface area contributed by atoms with Crippen LogP contribution in [0.3, 0.4) is 0 Å². The molecule has 2 N–H and O–H groups in total. The fourth-order valence-electron chi connectivity index (χ4n) is 3.79. The van der Waals surface area contributed by atoms with Gasteiger partial charge in [0.1, 0.15) is 0 Å². The average Bonchev–Trinajstić information content (AvgIpc) is 3.21. The number of hydrogen-bond donors (Lipinski definition) is 2. The van der Waals surface area contributed by atoms with Gasteiger partial charge in [-0.3, -0.25) is 4.99 Å². The molecule has 1 aromatic heterocycles. The molecule has 0 radical (unpaired) electrons. The zero-order valence-electron chi connectivity index (χ0n) is 17.0. The van der Waals surface area contributed by atoms with Crippen molar-refractivity contribution in [2.75, 3.05) is 31.6 Å². The molecule has 0 spiro atoms. The Kier molecular flexibility index (Phi) is 7.84. The molecule has 158 valence electrons. The summed E-state index contributed by atoms with van der Waals surface area (Å²) >= 11 is 0. The van der Waals surface area contributed by atoms with E-state index >= 15 is 0 Å². The van der Waals surface area contributed by atoms with Crippen LogP contribution in [0, 0.1) is 5.82 Å². The SMILES string of the molecule is CN=C(NCCc1ccc2ccccc2c1)NC1CCN(c2ncccc2F)C1.I. The molecule has 4 rings (SSSR count). The van der Waals surface area contributed by atoms with Crippen LogP contribution in [0.1, 0.15) is 12.0 Å². The summed E-state index contributed by atoms with van der Waals surface area (Å²) in [5, 5.41) is 9.36. The Balaban J connectivity index is 0.00000256. The minimum atomic E-state index is -0.272. The zero-order chi connectivity index (χ0) is 20.1. The van der Waals surface area contributed by atoms with Crippen LogP contribution >= 0.6 is 24.0 Å². The third-order valence-electron chi connectivity index (χ3n) is 5.31. The Labute approximate surface area is 193 Å². The van der Waals surface area contributed by atoms with Gasteiger partial charge in [0.15, 0.2) is 17.6 Å². The van der Waals surface area contributed by atoms with Crippen molar-refractivity contribution in [1.29, 1.82) is 0 Å². The fourth-order valence-corrected chi connectivity index (χ4v) is 3.79. The van der Waals surface area contributed by atoms with E-state index < -0.39 is 0 Å². The number of anilines is 1. The maximum Gasteiger partial charge on any atom is 0.191 e. The first-order chi connectivity index (χ1) is 14.2. The molecule has 0 amide bonds. The van der Waals surface area contributed by atoms with Crippen molar-refractivity contribution < 1.29 is 4.39 Å². The molecule has 3 aromatic rings. The fraction of sp³-hybridized carbons (Fsp3) is 0.304. The average molecular weight is 519 g/mol. The van der Waals surface area contributed by atoms with Gasteiger partial charge in [-0.25, -0.2) is 9.37 Å². The predicted octanol–water partition coefficient (Wildman–Crippen LogP) is 3.98. The Morgan fingerprint density at radius 1 is 1.17 bits per heavy atom. The van der Waals surface area contributed by atoms with E-state index in [4.69, 9.17) is 0 Å². The van der Waals surface area contributed by atoms with Crippen molar-refractivity contribution >= 4 is 46.5 Å². The molecule has 1 saturated heterocycles. The first kappa shape index (κ1) is 22.3. The van der Waals surface area contributed by atoms with E-state index in [1.807, 2.05) is 4.90 Å². The minimum absolute atomic E-state index is 0. The summed E-state index contributed by atoms with van der Waals surface area (Å²) in [6, 6.07) is 18.3. The van der Waals surface area contributed by atoms with Crippen molar-refractivity contribution in [3.63, 3.8) is 0 Å². The molecule has 0 saturated carbocycles. The molecular formula is C23H27FIN5. The number of pyridine rings is 1. The molecule has 2 aromatic carbocycles. The first-order valence-corrected chi connectivity index (χ1v) is 10.0. The van der Waals surface area contributed by atoms with Crippen LogP contribution in [0.15, 0.2) is 65.8 Å². The number of aromatic nitrogens is 1. The van der Waals surface area contributed by atoms with E-state index in [0.29, 0.717) is 12.4 Å². The summed E-state index contributed by atoms with van der Waals surface area (Å²) in [4.78, 5) is 10.5. The van der Waals surface area contributed by atoms with Crippen LogP contribution in [-0.4, -0.2) is 43.7 Å². The zero-order valence-corrected chi connectivity index (χ0v) is 19.3. The van der Waals surface area contributed by atoms with Crippen LogP contribution in [0.25, 0.3) is 10.8 Å². The normalized spacial score (nSPS) is 16.4. The first-order valence-electron chi connectivity index (χ1n) is 10.0. The molecule has 0 bridgehead atoms. The van der Waals surface area contributed by atoms with E-state index in [-0.39, 0.29) is 35.8 Å². The van der Waals surface area contributed by atoms with Gasteiger partial charge in [-0.15, -0.1) is 24.0 Å². The molecule has 7 heteroatoms. The highest BCUT2D eigenvalue weighted by atomic mass is 127. The molecular weight excluding hydrogens is 492 g/mol. The topological polar surface area (TPSA) is 52.6 Å². The number of benzene rings is 2. The number of guanidine groups is 1. The van der Waals surface area contributed by atoms with E-state index in [2.05, 4.69) is 63.1 Å². The Bertz CT molecular complexity index is 1010. The lowest BCUT2D eigenvalue weighted by atomic mass is 10.1. The molecule has 1 fully saturated rings. The minimum Gasteiger partial charge on any atom is -0.356 e.